The Morgan fingerprint density at radius 1 is 1.35 bits per heavy atom. The number of hydrogen-bond donors (Lipinski definition) is 1. The normalized spacial score (nSPS) is 17.1. The first-order valence-corrected chi connectivity index (χ1v) is 6.32. The standard InChI is InChI=1S/C14H22N2O/c1-11-4-3-5-13(15)14(11)16(2)10-12-6-8-17-9-7-12/h3-5,12H,6-10,15H2,1-2H3. The van der Waals surface area contributed by atoms with Crippen molar-refractivity contribution in [3.63, 3.8) is 0 Å². The third-order valence-corrected chi connectivity index (χ3v) is 3.52. The molecule has 0 aromatic heterocycles. The molecule has 3 nitrogen and oxygen atoms in total. The predicted octanol–water partition coefficient (Wildman–Crippen LogP) is 2.44. The number of ether oxygens (including phenoxy) is 1. The topological polar surface area (TPSA) is 38.5 Å². The molecule has 1 heterocycles. The zero-order valence-corrected chi connectivity index (χ0v) is 10.8. The van der Waals surface area contributed by atoms with Gasteiger partial charge >= 0.3 is 0 Å². The van der Waals surface area contributed by atoms with Crippen LogP contribution in [0.15, 0.2) is 18.2 Å². The summed E-state index contributed by atoms with van der Waals surface area (Å²) in [5.41, 5.74) is 9.36. The van der Waals surface area contributed by atoms with Crippen LogP contribution in [0.2, 0.25) is 0 Å². The fourth-order valence-electron chi connectivity index (χ4n) is 2.61. The minimum atomic E-state index is 0.729. The van der Waals surface area contributed by atoms with Crippen LogP contribution < -0.4 is 10.6 Å². The van der Waals surface area contributed by atoms with Crippen LogP contribution in [0.3, 0.4) is 0 Å². The van der Waals surface area contributed by atoms with E-state index in [-0.39, 0.29) is 0 Å². The molecule has 1 aromatic rings. The van der Waals surface area contributed by atoms with Crippen LogP contribution in [0.25, 0.3) is 0 Å². The van der Waals surface area contributed by atoms with Gasteiger partial charge in [0.1, 0.15) is 0 Å². The molecule has 1 aliphatic rings. The molecule has 0 unspecified atom stereocenters. The Bertz CT molecular complexity index is 352. The summed E-state index contributed by atoms with van der Waals surface area (Å²) in [5, 5.41) is 0. The molecule has 3 heteroatoms. The molecule has 0 amide bonds. The number of nitrogens with zero attached hydrogens (tertiary/aromatic N) is 1. The summed E-state index contributed by atoms with van der Waals surface area (Å²) in [6.07, 6.45) is 2.33. The van der Waals surface area contributed by atoms with Crippen LogP contribution in [0.1, 0.15) is 18.4 Å². The second-order valence-corrected chi connectivity index (χ2v) is 4.95. The molecule has 2 rings (SSSR count). The van der Waals surface area contributed by atoms with Gasteiger partial charge in [-0.1, -0.05) is 12.1 Å². The Balaban J connectivity index is 2.05. The van der Waals surface area contributed by atoms with Gasteiger partial charge in [-0.15, -0.1) is 0 Å². The highest BCUT2D eigenvalue weighted by atomic mass is 16.5. The lowest BCUT2D eigenvalue weighted by molar-refractivity contribution is 0.0685. The minimum absolute atomic E-state index is 0.729. The lowest BCUT2D eigenvalue weighted by Crippen LogP contribution is -2.30. The number of aryl methyl sites for hydroxylation is 1. The largest absolute Gasteiger partial charge is 0.397 e. The van der Waals surface area contributed by atoms with Gasteiger partial charge < -0.3 is 15.4 Å². The summed E-state index contributed by atoms with van der Waals surface area (Å²) in [4.78, 5) is 2.29. The zero-order valence-electron chi connectivity index (χ0n) is 10.8. The van der Waals surface area contributed by atoms with Crippen molar-refractivity contribution >= 4 is 11.4 Å². The van der Waals surface area contributed by atoms with Crippen LogP contribution in [0, 0.1) is 12.8 Å². The second-order valence-electron chi connectivity index (χ2n) is 4.95. The fourth-order valence-corrected chi connectivity index (χ4v) is 2.61. The monoisotopic (exact) mass is 234 g/mol. The van der Waals surface area contributed by atoms with Gasteiger partial charge in [0.15, 0.2) is 0 Å². The molecule has 1 saturated heterocycles. The summed E-state index contributed by atoms with van der Waals surface area (Å²) < 4.78 is 5.39. The second kappa shape index (κ2) is 5.41. The molecule has 2 N–H and O–H groups in total. The van der Waals surface area contributed by atoms with Crippen molar-refractivity contribution in [1.82, 2.24) is 0 Å². The number of rotatable bonds is 3. The average Bonchev–Trinajstić information content (AvgIpc) is 2.30. The Morgan fingerprint density at radius 3 is 2.71 bits per heavy atom. The van der Waals surface area contributed by atoms with Crippen molar-refractivity contribution in [1.29, 1.82) is 0 Å². The van der Waals surface area contributed by atoms with Gasteiger partial charge in [0.05, 0.1) is 11.4 Å². The molecule has 0 radical (unpaired) electrons. The molecule has 1 aromatic carbocycles. The Hall–Kier alpha value is -1.22. The van der Waals surface area contributed by atoms with Gasteiger partial charge in [-0.05, 0) is 37.3 Å². The third kappa shape index (κ3) is 2.91. The average molecular weight is 234 g/mol. The molecule has 1 aliphatic heterocycles. The van der Waals surface area contributed by atoms with Crippen molar-refractivity contribution in [3.05, 3.63) is 23.8 Å². The maximum Gasteiger partial charge on any atom is 0.0627 e. The van der Waals surface area contributed by atoms with E-state index >= 15 is 0 Å². The number of benzene rings is 1. The summed E-state index contributed by atoms with van der Waals surface area (Å²) in [5.74, 6) is 0.729. The highest BCUT2D eigenvalue weighted by Crippen LogP contribution is 2.28. The van der Waals surface area contributed by atoms with Crippen molar-refractivity contribution < 1.29 is 4.74 Å². The predicted molar refractivity (Wildman–Crippen MR) is 72.4 cm³/mol. The first-order chi connectivity index (χ1) is 8.18. The molecule has 0 spiro atoms. The minimum Gasteiger partial charge on any atom is -0.397 e. The van der Waals surface area contributed by atoms with E-state index in [4.69, 9.17) is 10.5 Å². The van der Waals surface area contributed by atoms with Gasteiger partial charge in [-0.3, -0.25) is 0 Å². The van der Waals surface area contributed by atoms with E-state index in [1.54, 1.807) is 0 Å². The maximum atomic E-state index is 6.06. The van der Waals surface area contributed by atoms with Crippen molar-refractivity contribution in [2.75, 3.05) is 37.4 Å². The lowest BCUT2D eigenvalue weighted by atomic mass is 9.99. The summed E-state index contributed by atoms with van der Waals surface area (Å²) in [6.45, 7) is 4.99. The molecule has 0 bridgehead atoms. The smallest absolute Gasteiger partial charge is 0.0627 e. The highest BCUT2D eigenvalue weighted by Gasteiger charge is 2.17. The SMILES string of the molecule is Cc1cccc(N)c1N(C)CC1CCOCC1. The Labute approximate surface area is 104 Å². The van der Waals surface area contributed by atoms with Crippen molar-refractivity contribution in [2.24, 2.45) is 5.92 Å². The molecular weight excluding hydrogens is 212 g/mol. The van der Waals surface area contributed by atoms with Gasteiger partial charge in [0.25, 0.3) is 0 Å². The molecule has 0 saturated carbocycles. The van der Waals surface area contributed by atoms with Crippen LogP contribution in [-0.2, 0) is 4.74 Å². The summed E-state index contributed by atoms with van der Waals surface area (Å²) >= 11 is 0. The van der Waals surface area contributed by atoms with Gasteiger partial charge in [0.2, 0.25) is 0 Å². The molecule has 94 valence electrons. The van der Waals surface area contributed by atoms with E-state index in [2.05, 4.69) is 24.9 Å². The van der Waals surface area contributed by atoms with Crippen LogP contribution >= 0.6 is 0 Å². The first-order valence-electron chi connectivity index (χ1n) is 6.32. The number of para-hydroxylation sites is 1. The van der Waals surface area contributed by atoms with Crippen LogP contribution in [0.4, 0.5) is 11.4 Å². The summed E-state index contributed by atoms with van der Waals surface area (Å²) in [6, 6.07) is 6.10. The van der Waals surface area contributed by atoms with Crippen LogP contribution in [0.5, 0.6) is 0 Å². The van der Waals surface area contributed by atoms with E-state index in [0.717, 1.165) is 44.2 Å². The molecule has 0 aliphatic carbocycles. The number of hydrogen-bond acceptors (Lipinski definition) is 3. The van der Waals surface area contributed by atoms with E-state index in [1.165, 1.54) is 11.3 Å². The molecule has 0 atom stereocenters. The quantitative estimate of drug-likeness (QED) is 0.816. The summed E-state index contributed by atoms with van der Waals surface area (Å²) in [7, 11) is 2.13. The van der Waals surface area contributed by atoms with Gasteiger partial charge in [-0.25, -0.2) is 0 Å². The van der Waals surface area contributed by atoms with Gasteiger partial charge in [-0.2, -0.15) is 0 Å². The van der Waals surface area contributed by atoms with E-state index in [1.807, 2.05) is 12.1 Å². The fraction of sp³-hybridized carbons (Fsp3) is 0.571. The van der Waals surface area contributed by atoms with E-state index in [9.17, 15) is 0 Å². The van der Waals surface area contributed by atoms with Crippen molar-refractivity contribution in [2.45, 2.75) is 19.8 Å². The van der Waals surface area contributed by atoms with E-state index < -0.39 is 0 Å². The van der Waals surface area contributed by atoms with Crippen LogP contribution in [-0.4, -0.2) is 26.8 Å². The number of nitrogens with two attached hydrogens (primary N) is 1. The highest BCUT2D eigenvalue weighted by molar-refractivity contribution is 5.71. The first kappa shape index (κ1) is 12.2. The Kier molecular flexibility index (Phi) is 3.89. The molecular formula is C14H22N2O. The molecule has 17 heavy (non-hydrogen) atoms. The third-order valence-electron chi connectivity index (χ3n) is 3.52. The Morgan fingerprint density at radius 2 is 2.06 bits per heavy atom. The van der Waals surface area contributed by atoms with Crippen molar-refractivity contribution in [3.8, 4) is 0 Å². The number of nitrogen functional groups attached to an aromatic ring is 1. The van der Waals surface area contributed by atoms with Gasteiger partial charge in [0, 0.05) is 26.8 Å². The lowest BCUT2D eigenvalue weighted by Gasteiger charge is -2.30. The molecule has 1 fully saturated rings. The van der Waals surface area contributed by atoms with E-state index in [0.29, 0.717) is 0 Å². The zero-order chi connectivity index (χ0) is 12.3. The number of anilines is 2. The maximum absolute atomic E-state index is 6.06.